The summed E-state index contributed by atoms with van der Waals surface area (Å²) in [6, 6.07) is 13.8. The molecule has 2 saturated heterocycles. The van der Waals surface area contributed by atoms with Crippen molar-refractivity contribution in [3.8, 4) is 6.07 Å². The normalized spacial score (nSPS) is 31.8. The number of nitrogens with zero attached hydrogens (tertiary/aromatic N) is 2. The molecular weight excluding hydrogens is 224 g/mol. The third-order valence-corrected chi connectivity index (χ3v) is 4.06. The predicted octanol–water partition coefficient (Wildman–Crippen LogP) is 2.19. The second-order valence-electron chi connectivity index (χ2n) is 5.30. The van der Waals surface area contributed by atoms with Crippen LogP contribution in [0.25, 0.3) is 0 Å². The standard InChI is InChI=1S/C15H18N2O/c16-8-13-6-14-10-18-11-15(7-13)17(14)9-12-4-2-1-3-5-12/h1-5,13-15H,6-7,9-11H2/t13?,14-,15+. The lowest BCUT2D eigenvalue weighted by atomic mass is 9.85. The van der Waals surface area contributed by atoms with Crippen LogP contribution in [0.1, 0.15) is 18.4 Å². The first-order valence-electron chi connectivity index (χ1n) is 6.64. The first kappa shape index (κ1) is 11.7. The Balaban J connectivity index is 1.74. The predicted molar refractivity (Wildman–Crippen MR) is 68.7 cm³/mol. The second kappa shape index (κ2) is 5.09. The molecule has 0 N–H and O–H groups in total. The summed E-state index contributed by atoms with van der Waals surface area (Å²) < 4.78 is 5.65. The molecule has 18 heavy (non-hydrogen) atoms. The van der Waals surface area contributed by atoms with Crippen LogP contribution in [0.3, 0.4) is 0 Å². The smallest absolute Gasteiger partial charge is 0.0657 e. The highest BCUT2D eigenvalue weighted by Gasteiger charge is 2.38. The molecule has 94 valence electrons. The van der Waals surface area contributed by atoms with Gasteiger partial charge in [-0.2, -0.15) is 5.26 Å². The number of ether oxygens (including phenoxy) is 1. The van der Waals surface area contributed by atoms with Gasteiger partial charge >= 0.3 is 0 Å². The third-order valence-electron chi connectivity index (χ3n) is 4.06. The lowest BCUT2D eigenvalue weighted by Crippen LogP contribution is -2.56. The van der Waals surface area contributed by atoms with Crippen molar-refractivity contribution in [3.63, 3.8) is 0 Å². The van der Waals surface area contributed by atoms with E-state index in [1.165, 1.54) is 5.56 Å². The number of hydrogen-bond acceptors (Lipinski definition) is 3. The van der Waals surface area contributed by atoms with Gasteiger partial charge in [0.1, 0.15) is 0 Å². The van der Waals surface area contributed by atoms with Crippen LogP contribution in [0.5, 0.6) is 0 Å². The maximum Gasteiger partial charge on any atom is 0.0657 e. The average Bonchev–Trinajstić information content (AvgIpc) is 2.39. The van der Waals surface area contributed by atoms with Gasteiger partial charge < -0.3 is 4.74 Å². The summed E-state index contributed by atoms with van der Waals surface area (Å²) >= 11 is 0. The maximum atomic E-state index is 9.11. The highest BCUT2D eigenvalue weighted by Crippen LogP contribution is 2.32. The molecule has 0 aromatic heterocycles. The number of rotatable bonds is 2. The Hall–Kier alpha value is -1.37. The summed E-state index contributed by atoms with van der Waals surface area (Å²) in [6.07, 6.45) is 1.92. The minimum atomic E-state index is 0.218. The number of piperidine rings is 1. The van der Waals surface area contributed by atoms with Gasteiger partial charge in [0.15, 0.2) is 0 Å². The van der Waals surface area contributed by atoms with Crippen LogP contribution >= 0.6 is 0 Å². The van der Waals surface area contributed by atoms with Crippen molar-refractivity contribution in [1.29, 1.82) is 5.26 Å². The monoisotopic (exact) mass is 242 g/mol. The highest BCUT2D eigenvalue weighted by molar-refractivity contribution is 5.15. The maximum absolute atomic E-state index is 9.11. The van der Waals surface area contributed by atoms with E-state index in [0.29, 0.717) is 12.1 Å². The van der Waals surface area contributed by atoms with Crippen molar-refractivity contribution in [3.05, 3.63) is 35.9 Å². The number of nitriles is 1. The summed E-state index contributed by atoms with van der Waals surface area (Å²) in [4.78, 5) is 2.53. The molecule has 2 fully saturated rings. The Morgan fingerprint density at radius 2 is 1.83 bits per heavy atom. The van der Waals surface area contributed by atoms with E-state index < -0.39 is 0 Å². The Morgan fingerprint density at radius 3 is 2.44 bits per heavy atom. The molecule has 2 bridgehead atoms. The van der Waals surface area contributed by atoms with E-state index in [1.54, 1.807) is 0 Å². The number of hydrogen-bond donors (Lipinski definition) is 0. The zero-order chi connectivity index (χ0) is 12.4. The van der Waals surface area contributed by atoms with Gasteiger partial charge in [-0.25, -0.2) is 0 Å². The van der Waals surface area contributed by atoms with E-state index >= 15 is 0 Å². The lowest BCUT2D eigenvalue weighted by Gasteiger charge is -2.47. The van der Waals surface area contributed by atoms with Gasteiger partial charge in [0, 0.05) is 24.5 Å². The molecule has 1 aromatic carbocycles. The SMILES string of the molecule is N#CC1C[C@H]2COC[C@@H](C1)N2Cc1ccccc1. The van der Waals surface area contributed by atoms with Crippen LogP contribution in [-0.4, -0.2) is 30.2 Å². The molecule has 0 radical (unpaired) electrons. The number of morpholine rings is 1. The van der Waals surface area contributed by atoms with Crippen LogP contribution in [0.15, 0.2) is 30.3 Å². The average molecular weight is 242 g/mol. The Morgan fingerprint density at radius 1 is 1.17 bits per heavy atom. The fourth-order valence-electron chi connectivity index (χ4n) is 3.15. The summed E-state index contributed by atoms with van der Waals surface area (Å²) in [5.74, 6) is 0.218. The molecular formula is C15H18N2O. The topological polar surface area (TPSA) is 36.3 Å². The van der Waals surface area contributed by atoms with Crippen LogP contribution < -0.4 is 0 Å². The van der Waals surface area contributed by atoms with E-state index in [0.717, 1.165) is 32.6 Å². The fourth-order valence-corrected chi connectivity index (χ4v) is 3.15. The fraction of sp³-hybridized carbons (Fsp3) is 0.533. The molecule has 0 saturated carbocycles. The van der Waals surface area contributed by atoms with Gasteiger partial charge in [0.05, 0.1) is 19.3 Å². The van der Waals surface area contributed by atoms with Gasteiger partial charge in [0.25, 0.3) is 0 Å². The Bertz CT molecular complexity index is 426. The molecule has 1 aromatic rings. The third kappa shape index (κ3) is 2.27. The van der Waals surface area contributed by atoms with Crippen LogP contribution in [0.4, 0.5) is 0 Å². The van der Waals surface area contributed by atoms with Crippen molar-refractivity contribution in [2.24, 2.45) is 5.92 Å². The van der Waals surface area contributed by atoms with E-state index in [1.807, 2.05) is 0 Å². The first-order valence-corrected chi connectivity index (χ1v) is 6.64. The van der Waals surface area contributed by atoms with E-state index in [4.69, 9.17) is 10.00 Å². The Kier molecular flexibility index (Phi) is 3.31. The Labute approximate surface area is 108 Å². The molecule has 1 unspecified atom stereocenters. The highest BCUT2D eigenvalue weighted by atomic mass is 16.5. The quantitative estimate of drug-likeness (QED) is 0.797. The molecule has 3 heteroatoms. The molecule has 2 aliphatic heterocycles. The first-order chi connectivity index (χ1) is 8.86. The van der Waals surface area contributed by atoms with Gasteiger partial charge in [-0.1, -0.05) is 30.3 Å². The van der Waals surface area contributed by atoms with Crippen LogP contribution in [0, 0.1) is 17.2 Å². The van der Waals surface area contributed by atoms with Crippen molar-refractivity contribution in [1.82, 2.24) is 4.90 Å². The zero-order valence-corrected chi connectivity index (χ0v) is 10.5. The molecule has 2 aliphatic rings. The van der Waals surface area contributed by atoms with Crippen LogP contribution in [0.2, 0.25) is 0 Å². The van der Waals surface area contributed by atoms with E-state index in [-0.39, 0.29) is 5.92 Å². The van der Waals surface area contributed by atoms with Crippen molar-refractivity contribution >= 4 is 0 Å². The van der Waals surface area contributed by atoms with Crippen molar-refractivity contribution in [2.75, 3.05) is 13.2 Å². The molecule has 0 amide bonds. The molecule has 2 heterocycles. The number of fused-ring (bicyclic) bond motifs is 2. The second-order valence-corrected chi connectivity index (χ2v) is 5.30. The molecule has 0 aliphatic carbocycles. The molecule has 3 atom stereocenters. The van der Waals surface area contributed by atoms with Gasteiger partial charge in [-0.3, -0.25) is 4.90 Å². The minimum Gasteiger partial charge on any atom is -0.378 e. The lowest BCUT2D eigenvalue weighted by molar-refractivity contribution is -0.0856. The largest absolute Gasteiger partial charge is 0.378 e. The van der Waals surface area contributed by atoms with Gasteiger partial charge in [0.2, 0.25) is 0 Å². The van der Waals surface area contributed by atoms with Gasteiger partial charge in [-0.05, 0) is 18.4 Å². The van der Waals surface area contributed by atoms with E-state index in [9.17, 15) is 0 Å². The summed E-state index contributed by atoms with van der Waals surface area (Å²) in [5.41, 5.74) is 1.35. The van der Waals surface area contributed by atoms with Crippen molar-refractivity contribution < 1.29 is 4.74 Å². The summed E-state index contributed by atoms with van der Waals surface area (Å²) in [7, 11) is 0. The minimum absolute atomic E-state index is 0.218. The van der Waals surface area contributed by atoms with Gasteiger partial charge in [-0.15, -0.1) is 0 Å². The van der Waals surface area contributed by atoms with E-state index in [2.05, 4.69) is 41.3 Å². The molecule has 0 spiro atoms. The summed E-state index contributed by atoms with van der Waals surface area (Å²) in [6.45, 7) is 2.54. The number of benzene rings is 1. The van der Waals surface area contributed by atoms with Crippen LogP contribution in [-0.2, 0) is 11.3 Å². The summed E-state index contributed by atoms with van der Waals surface area (Å²) in [5, 5.41) is 9.11. The van der Waals surface area contributed by atoms with Crippen molar-refractivity contribution in [2.45, 2.75) is 31.5 Å². The molecule has 3 nitrogen and oxygen atoms in total. The molecule has 3 rings (SSSR count). The zero-order valence-electron chi connectivity index (χ0n) is 10.5.